The second-order valence-electron chi connectivity index (χ2n) is 4.06. The highest BCUT2D eigenvalue weighted by molar-refractivity contribution is 5.33. The SMILES string of the molecule is CCOC1(OCC)C=C2CCCCC=C2O1. The van der Waals surface area contributed by atoms with E-state index in [0.717, 1.165) is 18.6 Å². The molecule has 0 fully saturated rings. The van der Waals surface area contributed by atoms with Gasteiger partial charge in [-0.3, -0.25) is 0 Å². The van der Waals surface area contributed by atoms with Gasteiger partial charge in [0.05, 0.1) is 13.2 Å². The number of hydrogen-bond acceptors (Lipinski definition) is 3. The van der Waals surface area contributed by atoms with Crippen molar-refractivity contribution < 1.29 is 14.2 Å². The van der Waals surface area contributed by atoms with E-state index < -0.39 is 5.97 Å². The molecule has 90 valence electrons. The molecule has 16 heavy (non-hydrogen) atoms. The molecule has 0 aromatic heterocycles. The molecular formula is C13H20O3. The number of hydrogen-bond donors (Lipinski definition) is 0. The maximum Gasteiger partial charge on any atom is 0.349 e. The summed E-state index contributed by atoms with van der Waals surface area (Å²) in [5, 5.41) is 0. The lowest BCUT2D eigenvalue weighted by atomic mass is 10.1. The second kappa shape index (κ2) is 5.02. The van der Waals surface area contributed by atoms with E-state index >= 15 is 0 Å². The predicted octanol–water partition coefficient (Wildman–Crippen LogP) is 3.13. The third-order valence-corrected chi connectivity index (χ3v) is 2.84. The van der Waals surface area contributed by atoms with Gasteiger partial charge in [-0.1, -0.05) is 0 Å². The van der Waals surface area contributed by atoms with E-state index in [4.69, 9.17) is 14.2 Å². The van der Waals surface area contributed by atoms with Gasteiger partial charge in [0.15, 0.2) is 0 Å². The van der Waals surface area contributed by atoms with Crippen molar-refractivity contribution in [3.8, 4) is 0 Å². The Hall–Kier alpha value is -0.800. The fourth-order valence-corrected chi connectivity index (χ4v) is 2.18. The summed E-state index contributed by atoms with van der Waals surface area (Å²) in [4.78, 5) is 0. The molecule has 2 aliphatic rings. The van der Waals surface area contributed by atoms with Crippen LogP contribution in [0.15, 0.2) is 23.5 Å². The van der Waals surface area contributed by atoms with Crippen LogP contribution in [0.3, 0.4) is 0 Å². The van der Waals surface area contributed by atoms with Crippen LogP contribution in [-0.4, -0.2) is 19.2 Å². The zero-order valence-electron chi connectivity index (χ0n) is 10.1. The molecule has 0 unspecified atom stereocenters. The first kappa shape index (κ1) is 11.7. The highest BCUT2D eigenvalue weighted by Crippen LogP contribution is 2.38. The standard InChI is InChI=1S/C13H20O3/c1-3-14-13(15-4-2)10-11-8-6-5-7-9-12(11)16-13/h9-10H,3-8H2,1-2H3. The molecule has 0 aromatic carbocycles. The minimum Gasteiger partial charge on any atom is -0.436 e. The largest absolute Gasteiger partial charge is 0.436 e. The predicted molar refractivity (Wildman–Crippen MR) is 61.7 cm³/mol. The van der Waals surface area contributed by atoms with Crippen molar-refractivity contribution in [3.63, 3.8) is 0 Å². The molecule has 0 amide bonds. The number of allylic oxidation sites excluding steroid dienone is 2. The van der Waals surface area contributed by atoms with E-state index in [9.17, 15) is 0 Å². The van der Waals surface area contributed by atoms with Gasteiger partial charge in [-0.2, -0.15) is 0 Å². The van der Waals surface area contributed by atoms with Crippen LogP contribution in [0.2, 0.25) is 0 Å². The summed E-state index contributed by atoms with van der Waals surface area (Å²) < 4.78 is 17.0. The van der Waals surface area contributed by atoms with Gasteiger partial charge in [0, 0.05) is 6.08 Å². The Morgan fingerprint density at radius 2 is 2.00 bits per heavy atom. The monoisotopic (exact) mass is 224 g/mol. The topological polar surface area (TPSA) is 27.7 Å². The quantitative estimate of drug-likeness (QED) is 0.687. The summed E-state index contributed by atoms with van der Waals surface area (Å²) in [6.07, 6.45) is 8.74. The molecule has 0 aromatic rings. The van der Waals surface area contributed by atoms with Crippen LogP contribution in [-0.2, 0) is 14.2 Å². The van der Waals surface area contributed by atoms with E-state index in [0.29, 0.717) is 13.2 Å². The molecule has 1 aliphatic heterocycles. The molecule has 3 nitrogen and oxygen atoms in total. The molecular weight excluding hydrogens is 204 g/mol. The molecule has 0 bridgehead atoms. The fraction of sp³-hybridized carbons (Fsp3) is 0.692. The molecule has 2 rings (SSSR count). The van der Waals surface area contributed by atoms with Crippen molar-refractivity contribution in [1.82, 2.24) is 0 Å². The van der Waals surface area contributed by atoms with Gasteiger partial charge in [0.1, 0.15) is 5.76 Å². The molecule has 0 N–H and O–H groups in total. The van der Waals surface area contributed by atoms with Gasteiger partial charge < -0.3 is 14.2 Å². The Kier molecular flexibility index (Phi) is 3.66. The lowest BCUT2D eigenvalue weighted by Crippen LogP contribution is -2.34. The van der Waals surface area contributed by atoms with Crippen LogP contribution < -0.4 is 0 Å². The van der Waals surface area contributed by atoms with Crippen LogP contribution in [0.4, 0.5) is 0 Å². The first-order valence-electron chi connectivity index (χ1n) is 6.19. The maximum atomic E-state index is 5.84. The van der Waals surface area contributed by atoms with E-state index in [1.807, 2.05) is 19.9 Å². The van der Waals surface area contributed by atoms with Gasteiger partial charge in [0.25, 0.3) is 0 Å². The van der Waals surface area contributed by atoms with Crippen LogP contribution in [0, 0.1) is 0 Å². The van der Waals surface area contributed by atoms with Crippen molar-refractivity contribution >= 4 is 0 Å². The van der Waals surface area contributed by atoms with Gasteiger partial charge >= 0.3 is 5.97 Å². The summed E-state index contributed by atoms with van der Waals surface area (Å²) in [6, 6.07) is 0. The van der Waals surface area contributed by atoms with Gasteiger partial charge in [-0.25, -0.2) is 0 Å². The normalized spacial score (nSPS) is 22.9. The minimum atomic E-state index is -0.956. The summed E-state index contributed by atoms with van der Waals surface area (Å²) in [5.41, 5.74) is 1.24. The van der Waals surface area contributed by atoms with Gasteiger partial charge in [-0.15, -0.1) is 0 Å². The zero-order valence-corrected chi connectivity index (χ0v) is 10.1. The Morgan fingerprint density at radius 1 is 1.25 bits per heavy atom. The first-order chi connectivity index (χ1) is 7.79. The van der Waals surface area contributed by atoms with Crippen LogP contribution in [0.5, 0.6) is 0 Å². The second-order valence-corrected chi connectivity index (χ2v) is 4.06. The molecule has 1 heterocycles. The minimum absolute atomic E-state index is 0.580. The molecule has 1 aliphatic carbocycles. The third kappa shape index (κ3) is 2.30. The van der Waals surface area contributed by atoms with Crippen LogP contribution >= 0.6 is 0 Å². The highest BCUT2D eigenvalue weighted by Gasteiger charge is 2.39. The van der Waals surface area contributed by atoms with Crippen molar-refractivity contribution in [2.24, 2.45) is 0 Å². The fourth-order valence-electron chi connectivity index (χ4n) is 2.18. The average Bonchev–Trinajstić information content (AvgIpc) is 2.43. The number of fused-ring (bicyclic) bond motifs is 1. The number of ether oxygens (including phenoxy) is 3. The van der Waals surface area contributed by atoms with Gasteiger partial charge in [0.2, 0.25) is 0 Å². The Morgan fingerprint density at radius 3 is 2.69 bits per heavy atom. The van der Waals surface area contributed by atoms with Crippen molar-refractivity contribution in [2.45, 2.75) is 45.5 Å². The zero-order chi connectivity index (χ0) is 11.4. The van der Waals surface area contributed by atoms with Crippen molar-refractivity contribution in [2.75, 3.05) is 13.2 Å². The highest BCUT2D eigenvalue weighted by atomic mass is 16.9. The summed E-state index contributed by atoms with van der Waals surface area (Å²) in [5.74, 6) is 0.00144. The smallest absolute Gasteiger partial charge is 0.349 e. The first-order valence-corrected chi connectivity index (χ1v) is 6.19. The van der Waals surface area contributed by atoms with Crippen molar-refractivity contribution in [1.29, 1.82) is 0 Å². The molecule has 0 atom stereocenters. The molecule has 3 heteroatoms. The van der Waals surface area contributed by atoms with Crippen LogP contribution in [0.1, 0.15) is 39.5 Å². The summed E-state index contributed by atoms with van der Waals surface area (Å²) in [6.45, 7) is 5.06. The lowest BCUT2D eigenvalue weighted by Gasteiger charge is -2.26. The summed E-state index contributed by atoms with van der Waals surface area (Å²) >= 11 is 0. The molecule has 0 saturated heterocycles. The van der Waals surface area contributed by atoms with E-state index in [-0.39, 0.29) is 0 Å². The van der Waals surface area contributed by atoms with E-state index in [1.165, 1.54) is 18.4 Å². The third-order valence-electron chi connectivity index (χ3n) is 2.84. The number of rotatable bonds is 4. The van der Waals surface area contributed by atoms with Crippen LogP contribution in [0.25, 0.3) is 0 Å². The summed E-state index contributed by atoms with van der Waals surface area (Å²) in [7, 11) is 0. The Bertz CT molecular complexity index is 298. The molecule has 0 radical (unpaired) electrons. The van der Waals surface area contributed by atoms with Crippen molar-refractivity contribution in [3.05, 3.63) is 23.5 Å². The molecule has 0 saturated carbocycles. The maximum absolute atomic E-state index is 5.84. The Labute approximate surface area is 97.1 Å². The van der Waals surface area contributed by atoms with E-state index in [2.05, 4.69) is 6.08 Å². The van der Waals surface area contributed by atoms with E-state index in [1.54, 1.807) is 0 Å². The lowest BCUT2D eigenvalue weighted by molar-refractivity contribution is -0.324. The molecule has 0 spiro atoms. The van der Waals surface area contributed by atoms with Gasteiger partial charge in [-0.05, 0) is 51.2 Å². The average molecular weight is 224 g/mol. The Balaban J connectivity index is 2.18.